The molecule has 0 bridgehead atoms. The zero-order valence-electron chi connectivity index (χ0n) is 33.6. The van der Waals surface area contributed by atoms with Gasteiger partial charge < -0.3 is 24.4 Å². The molecular formula is C43H42F4N12O3. The number of aliphatic hydroxyl groups excluding tert-OH is 1. The van der Waals surface area contributed by atoms with Gasteiger partial charge in [0.05, 0.1) is 63.3 Å². The zero-order valence-corrected chi connectivity index (χ0v) is 33.6. The van der Waals surface area contributed by atoms with Crippen molar-refractivity contribution in [2.24, 2.45) is 0 Å². The Labute approximate surface area is 352 Å². The van der Waals surface area contributed by atoms with Gasteiger partial charge in [-0.05, 0) is 74.2 Å². The monoisotopic (exact) mass is 850 g/mol. The molecule has 0 radical (unpaired) electrons. The second-order valence-corrected chi connectivity index (χ2v) is 15.0. The minimum absolute atomic E-state index is 0.105. The van der Waals surface area contributed by atoms with E-state index in [1.807, 2.05) is 34.3 Å². The van der Waals surface area contributed by atoms with Crippen molar-refractivity contribution in [1.82, 2.24) is 48.8 Å². The van der Waals surface area contributed by atoms with E-state index in [0.717, 1.165) is 43.4 Å². The molecule has 0 saturated carbocycles. The highest BCUT2D eigenvalue weighted by Crippen LogP contribution is 2.38. The van der Waals surface area contributed by atoms with Crippen molar-refractivity contribution in [1.29, 1.82) is 0 Å². The van der Waals surface area contributed by atoms with Crippen molar-refractivity contribution >= 4 is 22.9 Å². The maximum absolute atomic E-state index is 14.5. The second-order valence-electron chi connectivity index (χ2n) is 15.0. The van der Waals surface area contributed by atoms with E-state index in [-0.39, 0.29) is 18.7 Å². The number of aromatic nitrogens is 10. The molecule has 62 heavy (non-hydrogen) atoms. The normalized spacial score (nSPS) is 16.5. The third-order valence-corrected chi connectivity index (χ3v) is 11.0. The summed E-state index contributed by atoms with van der Waals surface area (Å²) in [6.45, 7) is 2.77. The standard InChI is InChI=1S/C23H24F2N6O2.C20H18F2N6O/c1-32-9-10-33-15-16-12-26-31(14-16)21-13-27-30-8-6-22(28-23(21)30)29-7-2-3-20(29)18-11-17(24)4-5-19(18)25;21-14-3-4-16(22)15(8-14)17-2-1-6-26(17)19-5-7-27-20(25-19)18(10-24-27)28-11-13(12-29)9-23-28/h4-6,8,11-14,20H,2-3,7,9-10,15H2,1H3;3-5,7-11,17,29H,1-2,6,12H2/t20-;17-/m11/s1. The summed E-state index contributed by atoms with van der Waals surface area (Å²) in [7, 11) is 1.63. The van der Waals surface area contributed by atoms with Crippen LogP contribution in [-0.4, -0.2) is 87.3 Å². The first kappa shape index (κ1) is 40.7. The van der Waals surface area contributed by atoms with Crippen LogP contribution in [0.4, 0.5) is 29.2 Å². The summed E-state index contributed by atoms with van der Waals surface area (Å²) in [5.41, 5.74) is 4.88. The van der Waals surface area contributed by atoms with Crippen LogP contribution in [0.5, 0.6) is 0 Å². The van der Waals surface area contributed by atoms with E-state index in [1.54, 1.807) is 62.7 Å². The molecule has 0 unspecified atom stereocenters. The quantitative estimate of drug-likeness (QED) is 0.103. The van der Waals surface area contributed by atoms with Crippen LogP contribution < -0.4 is 9.80 Å². The van der Waals surface area contributed by atoms with Gasteiger partial charge in [0.2, 0.25) is 0 Å². The van der Waals surface area contributed by atoms with Crippen LogP contribution in [0.3, 0.4) is 0 Å². The van der Waals surface area contributed by atoms with Crippen LogP contribution in [0.25, 0.3) is 22.7 Å². The van der Waals surface area contributed by atoms with Gasteiger partial charge in [0.1, 0.15) is 46.3 Å². The summed E-state index contributed by atoms with van der Waals surface area (Å²) >= 11 is 0. The van der Waals surface area contributed by atoms with Gasteiger partial charge >= 0.3 is 0 Å². The molecule has 2 atom stereocenters. The molecule has 2 aliphatic heterocycles. The fourth-order valence-electron chi connectivity index (χ4n) is 8.08. The van der Waals surface area contributed by atoms with Crippen molar-refractivity contribution in [3.05, 3.63) is 144 Å². The highest BCUT2D eigenvalue weighted by Gasteiger charge is 2.31. The van der Waals surface area contributed by atoms with E-state index in [9.17, 15) is 22.7 Å². The lowest BCUT2D eigenvalue weighted by Crippen LogP contribution is -2.24. The molecule has 2 saturated heterocycles. The maximum Gasteiger partial charge on any atom is 0.183 e. The van der Waals surface area contributed by atoms with Gasteiger partial charge in [0.15, 0.2) is 11.3 Å². The minimum Gasteiger partial charge on any atom is -0.392 e. The number of ether oxygens (including phenoxy) is 2. The molecule has 6 aromatic heterocycles. The summed E-state index contributed by atoms with van der Waals surface area (Å²) in [4.78, 5) is 13.6. The largest absolute Gasteiger partial charge is 0.392 e. The maximum atomic E-state index is 14.5. The molecule has 320 valence electrons. The van der Waals surface area contributed by atoms with Crippen molar-refractivity contribution < 1.29 is 32.1 Å². The highest BCUT2D eigenvalue weighted by atomic mass is 19.1. The number of halogens is 4. The van der Waals surface area contributed by atoms with E-state index in [2.05, 4.69) is 20.4 Å². The van der Waals surface area contributed by atoms with E-state index in [4.69, 9.17) is 19.4 Å². The first-order valence-electron chi connectivity index (χ1n) is 20.2. The van der Waals surface area contributed by atoms with Crippen molar-refractivity contribution in [2.45, 2.75) is 51.0 Å². The van der Waals surface area contributed by atoms with Crippen LogP contribution in [0.1, 0.15) is 60.0 Å². The third kappa shape index (κ3) is 8.20. The second kappa shape index (κ2) is 17.7. The number of rotatable bonds is 12. The molecular weight excluding hydrogens is 809 g/mol. The van der Waals surface area contributed by atoms with Gasteiger partial charge in [0.25, 0.3) is 0 Å². The lowest BCUT2D eigenvalue weighted by atomic mass is 10.0. The lowest BCUT2D eigenvalue weighted by Gasteiger charge is -2.26. The molecule has 2 fully saturated rings. The van der Waals surface area contributed by atoms with Gasteiger partial charge in [-0.3, -0.25) is 0 Å². The predicted octanol–water partition coefficient (Wildman–Crippen LogP) is 6.72. The highest BCUT2D eigenvalue weighted by molar-refractivity contribution is 5.62. The van der Waals surface area contributed by atoms with Gasteiger partial charge in [-0.25, -0.2) is 45.9 Å². The summed E-state index contributed by atoms with van der Waals surface area (Å²) < 4.78 is 73.6. The van der Waals surface area contributed by atoms with Gasteiger partial charge in [-0.1, -0.05) is 0 Å². The predicted molar refractivity (Wildman–Crippen MR) is 219 cm³/mol. The summed E-state index contributed by atoms with van der Waals surface area (Å²) in [6, 6.07) is 10.3. The summed E-state index contributed by atoms with van der Waals surface area (Å²) in [5, 5.41) is 26.6. The molecule has 0 aliphatic carbocycles. The van der Waals surface area contributed by atoms with E-state index in [1.165, 1.54) is 24.3 Å². The fraction of sp³-hybridized carbons (Fsp3) is 0.302. The molecule has 2 aliphatic rings. The van der Waals surface area contributed by atoms with Crippen LogP contribution in [0.2, 0.25) is 0 Å². The van der Waals surface area contributed by atoms with Crippen molar-refractivity contribution in [3.8, 4) is 11.4 Å². The molecule has 0 amide bonds. The zero-order chi connectivity index (χ0) is 42.7. The number of aliphatic hydroxyl groups is 1. The fourth-order valence-corrected chi connectivity index (χ4v) is 8.08. The molecule has 8 heterocycles. The molecule has 1 N–H and O–H groups in total. The SMILES string of the molecule is COCCOCc1cnn(-c2cnn3ccc(N4CCC[C@@H]4c4cc(F)ccc4F)nc23)c1.OCc1cnn(-c2cnn3ccc(N4CCC[C@@H]4c4cc(F)ccc4F)nc23)c1. The van der Waals surface area contributed by atoms with Crippen molar-refractivity contribution in [3.63, 3.8) is 0 Å². The first-order chi connectivity index (χ1) is 30.3. The van der Waals surface area contributed by atoms with E-state index >= 15 is 0 Å². The van der Waals surface area contributed by atoms with Gasteiger partial charge in [-0.2, -0.15) is 20.4 Å². The molecule has 8 aromatic rings. The lowest BCUT2D eigenvalue weighted by molar-refractivity contribution is 0.0616. The molecule has 15 nitrogen and oxygen atoms in total. The Bertz CT molecular complexity index is 2820. The average Bonchev–Trinajstić information content (AvgIpc) is 4.15. The average molecular weight is 851 g/mol. The van der Waals surface area contributed by atoms with E-state index < -0.39 is 23.3 Å². The summed E-state index contributed by atoms with van der Waals surface area (Å²) in [6.07, 6.45) is 17.0. The molecule has 19 heteroatoms. The minimum atomic E-state index is -0.451. The Morgan fingerprint density at radius 2 is 1.16 bits per heavy atom. The number of anilines is 2. The van der Waals surface area contributed by atoms with Crippen LogP contribution >= 0.6 is 0 Å². The van der Waals surface area contributed by atoms with Crippen LogP contribution in [-0.2, 0) is 22.7 Å². The Morgan fingerprint density at radius 1 is 0.645 bits per heavy atom. The van der Waals surface area contributed by atoms with Crippen LogP contribution in [0.15, 0.2) is 98.1 Å². The molecule has 0 spiro atoms. The third-order valence-electron chi connectivity index (χ3n) is 11.0. The summed E-state index contributed by atoms with van der Waals surface area (Å²) in [5.74, 6) is -0.363. The Morgan fingerprint density at radius 3 is 1.66 bits per heavy atom. The number of hydrogen-bond acceptors (Lipinski definition) is 11. The smallest absolute Gasteiger partial charge is 0.183 e. The number of fused-ring (bicyclic) bond motifs is 2. The van der Waals surface area contributed by atoms with Crippen molar-refractivity contribution in [2.75, 3.05) is 43.2 Å². The Hall–Kier alpha value is -6.70. The first-order valence-corrected chi connectivity index (χ1v) is 20.2. The van der Waals surface area contributed by atoms with Gasteiger partial charge in [0, 0.05) is 67.2 Å². The molecule has 10 rings (SSSR count). The van der Waals surface area contributed by atoms with Gasteiger partial charge in [-0.15, -0.1) is 0 Å². The topological polar surface area (TPSA) is 141 Å². The number of methoxy groups -OCH3 is 1. The Kier molecular flexibility index (Phi) is 11.6. The van der Waals surface area contributed by atoms with Crippen LogP contribution in [0, 0.1) is 23.3 Å². The number of benzene rings is 2. The Balaban J connectivity index is 0.000000159. The van der Waals surface area contributed by atoms with E-state index in [0.29, 0.717) is 83.9 Å². The number of nitrogens with zero attached hydrogens (tertiary/aromatic N) is 12. The number of hydrogen-bond donors (Lipinski definition) is 1. The molecule has 2 aromatic carbocycles.